The summed E-state index contributed by atoms with van der Waals surface area (Å²) in [5.41, 5.74) is 1.65. The zero-order chi connectivity index (χ0) is 12.2. The van der Waals surface area contributed by atoms with Crippen molar-refractivity contribution in [3.63, 3.8) is 0 Å². The molecule has 0 aliphatic heterocycles. The third-order valence-electron chi connectivity index (χ3n) is 2.15. The smallest absolute Gasteiger partial charge is 0.226 e. The Morgan fingerprint density at radius 3 is 2.56 bits per heavy atom. The molecule has 1 amide bonds. The molecule has 4 heteroatoms. The number of aliphatic hydroxyl groups excluding tert-OH is 1. The molecular formula is C12H18N2O2. The van der Waals surface area contributed by atoms with Gasteiger partial charge in [-0.3, -0.25) is 9.78 Å². The van der Waals surface area contributed by atoms with Crippen LogP contribution in [0, 0.1) is 0 Å². The molecule has 0 atom stereocenters. The van der Waals surface area contributed by atoms with Crippen molar-refractivity contribution in [2.45, 2.75) is 32.6 Å². The fourth-order valence-corrected chi connectivity index (χ4v) is 1.24. The van der Waals surface area contributed by atoms with Gasteiger partial charge in [-0.05, 0) is 12.1 Å². The molecule has 2 N–H and O–H groups in total. The van der Waals surface area contributed by atoms with E-state index in [0.717, 1.165) is 5.69 Å². The first kappa shape index (κ1) is 12.6. The predicted molar refractivity (Wildman–Crippen MR) is 63.3 cm³/mol. The monoisotopic (exact) mass is 222 g/mol. The average molecular weight is 222 g/mol. The molecule has 0 spiro atoms. The van der Waals surface area contributed by atoms with Crippen LogP contribution in [0.2, 0.25) is 0 Å². The quantitative estimate of drug-likeness (QED) is 0.818. The van der Waals surface area contributed by atoms with E-state index in [1.807, 2.05) is 12.1 Å². The van der Waals surface area contributed by atoms with Gasteiger partial charge in [0.2, 0.25) is 5.91 Å². The molecule has 1 aromatic heterocycles. The molecule has 0 bridgehead atoms. The Labute approximate surface area is 95.7 Å². The van der Waals surface area contributed by atoms with E-state index in [1.165, 1.54) is 0 Å². The summed E-state index contributed by atoms with van der Waals surface area (Å²) < 4.78 is 0. The van der Waals surface area contributed by atoms with Crippen molar-refractivity contribution >= 4 is 11.6 Å². The molecule has 0 aliphatic carbocycles. The molecule has 1 aromatic rings. The van der Waals surface area contributed by atoms with Crippen molar-refractivity contribution in [3.05, 3.63) is 24.0 Å². The summed E-state index contributed by atoms with van der Waals surface area (Å²) in [4.78, 5) is 15.5. The van der Waals surface area contributed by atoms with E-state index in [2.05, 4.69) is 31.1 Å². The molecule has 16 heavy (non-hydrogen) atoms. The number of carbonyl (C=O) groups excluding carboxylic acids is 1. The summed E-state index contributed by atoms with van der Waals surface area (Å²) in [7, 11) is 0. The number of carbonyl (C=O) groups is 1. The van der Waals surface area contributed by atoms with E-state index in [4.69, 9.17) is 5.11 Å². The van der Waals surface area contributed by atoms with Crippen LogP contribution in [-0.2, 0) is 10.2 Å². The van der Waals surface area contributed by atoms with E-state index in [9.17, 15) is 4.79 Å². The van der Waals surface area contributed by atoms with Gasteiger partial charge in [-0.25, -0.2) is 0 Å². The van der Waals surface area contributed by atoms with Crippen LogP contribution in [-0.4, -0.2) is 22.6 Å². The standard InChI is InChI=1S/C12H18N2O2/c1-12(2,3)10-5-4-9(8-13-10)14-11(16)6-7-15/h4-5,8,15H,6-7H2,1-3H3,(H,14,16). The van der Waals surface area contributed by atoms with Crippen LogP contribution < -0.4 is 5.32 Å². The van der Waals surface area contributed by atoms with Gasteiger partial charge in [-0.1, -0.05) is 20.8 Å². The van der Waals surface area contributed by atoms with Gasteiger partial charge < -0.3 is 10.4 Å². The Balaban J connectivity index is 2.69. The first-order chi connectivity index (χ1) is 7.43. The summed E-state index contributed by atoms with van der Waals surface area (Å²) >= 11 is 0. The number of nitrogens with one attached hydrogen (secondary N) is 1. The lowest BCUT2D eigenvalue weighted by Crippen LogP contribution is -2.15. The predicted octanol–water partition coefficient (Wildman–Crippen LogP) is 1.70. The summed E-state index contributed by atoms with van der Waals surface area (Å²) in [5, 5.41) is 11.2. The molecule has 4 nitrogen and oxygen atoms in total. The molecule has 0 unspecified atom stereocenters. The second-order valence-electron chi connectivity index (χ2n) is 4.70. The lowest BCUT2D eigenvalue weighted by molar-refractivity contribution is -0.116. The minimum absolute atomic E-state index is 0.00758. The van der Waals surface area contributed by atoms with Crippen LogP contribution in [0.25, 0.3) is 0 Å². The fraction of sp³-hybridized carbons (Fsp3) is 0.500. The highest BCUT2D eigenvalue weighted by Crippen LogP contribution is 2.20. The molecule has 0 aliphatic rings. The number of amides is 1. The molecule has 0 saturated carbocycles. The number of anilines is 1. The van der Waals surface area contributed by atoms with Gasteiger partial charge in [-0.15, -0.1) is 0 Å². The SMILES string of the molecule is CC(C)(C)c1ccc(NC(=O)CCO)cn1. The Hall–Kier alpha value is -1.42. The second-order valence-corrected chi connectivity index (χ2v) is 4.70. The van der Waals surface area contributed by atoms with Crippen molar-refractivity contribution in [1.82, 2.24) is 4.98 Å². The summed E-state index contributed by atoms with van der Waals surface area (Å²) in [6.45, 7) is 6.11. The fourth-order valence-electron chi connectivity index (χ4n) is 1.24. The van der Waals surface area contributed by atoms with Crippen molar-refractivity contribution < 1.29 is 9.90 Å². The number of pyridine rings is 1. The van der Waals surface area contributed by atoms with Crippen molar-refractivity contribution in [2.75, 3.05) is 11.9 Å². The summed E-state index contributed by atoms with van der Waals surface area (Å²) in [6.07, 6.45) is 1.75. The number of rotatable bonds is 3. The van der Waals surface area contributed by atoms with Gasteiger partial charge >= 0.3 is 0 Å². The molecule has 88 valence electrons. The molecule has 0 saturated heterocycles. The number of nitrogens with zero attached hydrogens (tertiary/aromatic N) is 1. The van der Waals surface area contributed by atoms with Crippen LogP contribution in [0.1, 0.15) is 32.9 Å². The largest absolute Gasteiger partial charge is 0.396 e. The molecule has 1 heterocycles. The Morgan fingerprint density at radius 1 is 1.44 bits per heavy atom. The minimum atomic E-state index is -0.201. The summed E-state index contributed by atoms with van der Waals surface area (Å²) in [6, 6.07) is 3.72. The number of hydrogen-bond donors (Lipinski definition) is 2. The van der Waals surface area contributed by atoms with Gasteiger partial charge in [0.05, 0.1) is 24.9 Å². The van der Waals surface area contributed by atoms with E-state index in [1.54, 1.807) is 6.20 Å². The average Bonchev–Trinajstić information content (AvgIpc) is 2.17. The van der Waals surface area contributed by atoms with Gasteiger partial charge in [-0.2, -0.15) is 0 Å². The van der Waals surface area contributed by atoms with E-state index in [-0.39, 0.29) is 24.3 Å². The highest BCUT2D eigenvalue weighted by atomic mass is 16.3. The van der Waals surface area contributed by atoms with Crippen molar-refractivity contribution in [1.29, 1.82) is 0 Å². The minimum Gasteiger partial charge on any atom is -0.396 e. The van der Waals surface area contributed by atoms with Gasteiger partial charge in [0.1, 0.15) is 0 Å². The third kappa shape index (κ3) is 3.62. The lowest BCUT2D eigenvalue weighted by Gasteiger charge is -2.17. The van der Waals surface area contributed by atoms with Crippen molar-refractivity contribution in [3.8, 4) is 0 Å². The normalized spacial score (nSPS) is 11.2. The highest BCUT2D eigenvalue weighted by molar-refractivity contribution is 5.90. The third-order valence-corrected chi connectivity index (χ3v) is 2.15. The van der Waals surface area contributed by atoms with Gasteiger partial charge in [0, 0.05) is 11.1 Å². The Bertz CT molecular complexity index is 352. The number of aliphatic hydroxyl groups is 1. The number of aromatic nitrogens is 1. The Kier molecular flexibility index (Phi) is 4.01. The Morgan fingerprint density at radius 2 is 2.12 bits per heavy atom. The maximum atomic E-state index is 11.2. The molecular weight excluding hydrogens is 204 g/mol. The topological polar surface area (TPSA) is 62.2 Å². The number of hydrogen-bond acceptors (Lipinski definition) is 3. The highest BCUT2D eigenvalue weighted by Gasteiger charge is 2.14. The van der Waals surface area contributed by atoms with E-state index < -0.39 is 0 Å². The maximum Gasteiger partial charge on any atom is 0.226 e. The van der Waals surface area contributed by atoms with E-state index in [0.29, 0.717) is 5.69 Å². The van der Waals surface area contributed by atoms with E-state index >= 15 is 0 Å². The molecule has 0 radical (unpaired) electrons. The van der Waals surface area contributed by atoms with Gasteiger partial charge in [0.25, 0.3) is 0 Å². The lowest BCUT2D eigenvalue weighted by atomic mass is 9.92. The zero-order valence-electron chi connectivity index (χ0n) is 9.95. The van der Waals surface area contributed by atoms with Crippen LogP contribution >= 0.6 is 0 Å². The first-order valence-corrected chi connectivity index (χ1v) is 5.31. The van der Waals surface area contributed by atoms with Crippen molar-refractivity contribution in [2.24, 2.45) is 0 Å². The van der Waals surface area contributed by atoms with Crippen LogP contribution in [0.5, 0.6) is 0 Å². The molecule has 0 fully saturated rings. The molecule has 0 aromatic carbocycles. The van der Waals surface area contributed by atoms with Gasteiger partial charge in [0.15, 0.2) is 0 Å². The van der Waals surface area contributed by atoms with Crippen LogP contribution in [0.15, 0.2) is 18.3 Å². The van der Waals surface area contributed by atoms with Crippen LogP contribution in [0.4, 0.5) is 5.69 Å². The molecule has 1 rings (SSSR count). The van der Waals surface area contributed by atoms with Crippen LogP contribution in [0.3, 0.4) is 0 Å². The maximum absolute atomic E-state index is 11.2. The first-order valence-electron chi connectivity index (χ1n) is 5.31. The summed E-state index contributed by atoms with van der Waals surface area (Å²) in [5.74, 6) is -0.201. The second kappa shape index (κ2) is 5.07. The zero-order valence-corrected chi connectivity index (χ0v) is 9.95.